The number of nitrogens with one attached hydrogen (secondary N) is 1. The molecule has 0 aliphatic carbocycles. The fourth-order valence-corrected chi connectivity index (χ4v) is 1.62. The van der Waals surface area contributed by atoms with Gasteiger partial charge >= 0.3 is 0 Å². The summed E-state index contributed by atoms with van der Waals surface area (Å²) in [5.74, 6) is -0.416. The monoisotopic (exact) mass is 197 g/mol. The van der Waals surface area contributed by atoms with E-state index in [9.17, 15) is 9.50 Å². The number of halogens is 1. The van der Waals surface area contributed by atoms with E-state index in [1.54, 1.807) is 0 Å². The average Bonchev–Trinajstić information content (AvgIpc) is 2.19. The SMILES string of the molecule is Oc1cccc(F)c1[C@H]1COCCN1. The first-order valence-electron chi connectivity index (χ1n) is 4.57. The highest BCUT2D eigenvalue weighted by Crippen LogP contribution is 2.27. The van der Waals surface area contributed by atoms with Crippen LogP contribution in [0.1, 0.15) is 11.6 Å². The highest BCUT2D eigenvalue weighted by Gasteiger charge is 2.21. The van der Waals surface area contributed by atoms with Crippen LogP contribution in [0.4, 0.5) is 4.39 Å². The quantitative estimate of drug-likeness (QED) is 0.710. The standard InChI is InChI=1S/C10H12FNO2/c11-7-2-1-3-9(13)10(7)8-6-14-5-4-12-8/h1-3,8,12-13H,4-6H2/t8-/m1/s1. The van der Waals surface area contributed by atoms with Crippen LogP contribution in [0.25, 0.3) is 0 Å². The lowest BCUT2D eigenvalue weighted by atomic mass is 10.1. The van der Waals surface area contributed by atoms with Gasteiger partial charge in [0.15, 0.2) is 0 Å². The summed E-state index contributed by atoms with van der Waals surface area (Å²) < 4.78 is 18.6. The van der Waals surface area contributed by atoms with Gasteiger partial charge in [0, 0.05) is 12.1 Å². The topological polar surface area (TPSA) is 41.5 Å². The first-order chi connectivity index (χ1) is 6.79. The van der Waals surface area contributed by atoms with Crippen LogP contribution in [-0.4, -0.2) is 24.9 Å². The molecule has 1 atom stereocenters. The van der Waals surface area contributed by atoms with E-state index in [1.807, 2.05) is 0 Å². The smallest absolute Gasteiger partial charge is 0.131 e. The minimum atomic E-state index is -0.395. The predicted octanol–water partition coefficient (Wildman–Crippen LogP) is 1.19. The molecule has 4 heteroatoms. The van der Waals surface area contributed by atoms with Crippen LogP contribution in [0.3, 0.4) is 0 Å². The Labute approximate surface area is 81.5 Å². The molecule has 1 fully saturated rings. The van der Waals surface area contributed by atoms with E-state index < -0.39 is 5.82 Å². The molecule has 0 aromatic heterocycles. The molecule has 0 unspecified atom stereocenters. The minimum absolute atomic E-state index is 0.0204. The Morgan fingerprint density at radius 2 is 2.36 bits per heavy atom. The molecule has 2 N–H and O–H groups in total. The second kappa shape index (κ2) is 3.94. The first kappa shape index (κ1) is 9.43. The highest BCUT2D eigenvalue weighted by atomic mass is 19.1. The largest absolute Gasteiger partial charge is 0.507 e. The summed E-state index contributed by atoms with van der Waals surface area (Å²) in [4.78, 5) is 0. The molecule has 3 nitrogen and oxygen atoms in total. The highest BCUT2D eigenvalue weighted by molar-refractivity contribution is 5.36. The Balaban J connectivity index is 2.29. The van der Waals surface area contributed by atoms with Gasteiger partial charge in [-0.05, 0) is 12.1 Å². The van der Waals surface area contributed by atoms with Crippen molar-refractivity contribution in [2.45, 2.75) is 6.04 Å². The zero-order chi connectivity index (χ0) is 9.97. The summed E-state index contributed by atoms with van der Waals surface area (Å²) in [7, 11) is 0. The summed E-state index contributed by atoms with van der Waals surface area (Å²) in [6.45, 7) is 1.71. The molecule has 1 saturated heterocycles. The van der Waals surface area contributed by atoms with Crippen molar-refractivity contribution in [1.29, 1.82) is 0 Å². The lowest BCUT2D eigenvalue weighted by molar-refractivity contribution is 0.0749. The zero-order valence-electron chi connectivity index (χ0n) is 7.66. The molecular weight excluding hydrogens is 185 g/mol. The van der Waals surface area contributed by atoms with Gasteiger partial charge in [0.05, 0.1) is 19.3 Å². The lowest BCUT2D eigenvalue weighted by Gasteiger charge is -2.24. The van der Waals surface area contributed by atoms with Crippen LogP contribution < -0.4 is 5.32 Å². The Morgan fingerprint density at radius 1 is 1.50 bits per heavy atom. The van der Waals surface area contributed by atoms with Gasteiger partial charge < -0.3 is 15.2 Å². The van der Waals surface area contributed by atoms with Gasteiger partial charge in [0.2, 0.25) is 0 Å². The Hall–Kier alpha value is -1.13. The molecule has 1 aliphatic rings. The third-order valence-corrected chi connectivity index (χ3v) is 2.30. The van der Waals surface area contributed by atoms with Gasteiger partial charge in [-0.15, -0.1) is 0 Å². The molecule has 0 amide bonds. The first-order valence-corrected chi connectivity index (χ1v) is 4.57. The summed E-state index contributed by atoms with van der Waals surface area (Å²) >= 11 is 0. The number of morpholine rings is 1. The van der Waals surface area contributed by atoms with E-state index in [4.69, 9.17) is 4.74 Å². The fraction of sp³-hybridized carbons (Fsp3) is 0.400. The second-order valence-electron chi connectivity index (χ2n) is 3.25. The zero-order valence-corrected chi connectivity index (χ0v) is 7.66. The maximum Gasteiger partial charge on any atom is 0.131 e. The van der Waals surface area contributed by atoms with Crippen molar-refractivity contribution in [2.75, 3.05) is 19.8 Å². The van der Waals surface area contributed by atoms with Crippen LogP contribution >= 0.6 is 0 Å². The average molecular weight is 197 g/mol. The second-order valence-corrected chi connectivity index (χ2v) is 3.25. The van der Waals surface area contributed by atoms with Crippen molar-refractivity contribution in [1.82, 2.24) is 5.32 Å². The lowest BCUT2D eigenvalue weighted by Crippen LogP contribution is -2.35. The molecule has 1 heterocycles. The maximum absolute atomic E-state index is 13.4. The van der Waals surface area contributed by atoms with Crippen molar-refractivity contribution in [3.05, 3.63) is 29.6 Å². The molecule has 14 heavy (non-hydrogen) atoms. The predicted molar refractivity (Wildman–Crippen MR) is 49.6 cm³/mol. The van der Waals surface area contributed by atoms with Crippen molar-refractivity contribution < 1.29 is 14.2 Å². The van der Waals surface area contributed by atoms with Crippen molar-refractivity contribution in [3.8, 4) is 5.75 Å². The number of ether oxygens (including phenoxy) is 1. The Bertz CT molecular complexity index is 304. The Morgan fingerprint density at radius 3 is 3.00 bits per heavy atom. The molecule has 2 rings (SSSR count). The van der Waals surface area contributed by atoms with Gasteiger partial charge in [-0.2, -0.15) is 0 Å². The fourth-order valence-electron chi connectivity index (χ4n) is 1.62. The van der Waals surface area contributed by atoms with Gasteiger partial charge in [0.1, 0.15) is 11.6 Å². The molecular formula is C10H12FNO2. The number of benzene rings is 1. The molecule has 1 aliphatic heterocycles. The Kier molecular flexibility index (Phi) is 2.65. The minimum Gasteiger partial charge on any atom is -0.507 e. The number of aromatic hydroxyl groups is 1. The normalized spacial score (nSPS) is 22.2. The van der Waals surface area contributed by atoms with E-state index in [0.29, 0.717) is 25.3 Å². The molecule has 0 saturated carbocycles. The number of phenolic OH excluding ortho intramolecular Hbond substituents is 1. The summed E-state index contributed by atoms with van der Waals surface area (Å²) in [6.07, 6.45) is 0. The molecule has 0 radical (unpaired) electrons. The van der Waals surface area contributed by atoms with E-state index in [1.165, 1.54) is 18.2 Å². The van der Waals surface area contributed by atoms with E-state index >= 15 is 0 Å². The number of rotatable bonds is 1. The van der Waals surface area contributed by atoms with Crippen molar-refractivity contribution >= 4 is 0 Å². The van der Waals surface area contributed by atoms with E-state index in [0.717, 1.165) is 0 Å². The van der Waals surface area contributed by atoms with Crippen LogP contribution in [-0.2, 0) is 4.74 Å². The molecule has 76 valence electrons. The molecule has 1 aromatic carbocycles. The van der Waals surface area contributed by atoms with Crippen LogP contribution in [0, 0.1) is 5.82 Å². The maximum atomic E-state index is 13.4. The third kappa shape index (κ3) is 1.71. The van der Waals surface area contributed by atoms with Crippen molar-refractivity contribution in [3.63, 3.8) is 0 Å². The van der Waals surface area contributed by atoms with Gasteiger partial charge in [-0.1, -0.05) is 6.07 Å². The number of hydrogen-bond acceptors (Lipinski definition) is 3. The summed E-state index contributed by atoms with van der Waals surface area (Å²) in [5, 5.41) is 12.6. The van der Waals surface area contributed by atoms with Crippen LogP contribution in [0.5, 0.6) is 5.75 Å². The van der Waals surface area contributed by atoms with E-state index in [2.05, 4.69) is 5.32 Å². The van der Waals surface area contributed by atoms with Gasteiger partial charge in [0.25, 0.3) is 0 Å². The van der Waals surface area contributed by atoms with Gasteiger partial charge in [-0.3, -0.25) is 0 Å². The number of hydrogen-bond donors (Lipinski definition) is 2. The van der Waals surface area contributed by atoms with Crippen LogP contribution in [0.2, 0.25) is 0 Å². The van der Waals surface area contributed by atoms with E-state index in [-0.39, 0.29) is 11.8 Å². The third-order valence-electron chi connectivity index (χ3n) is 2.30. The van der Waals surface area contributed by atoms with Gasteiger partial charge in [-0.25, -0.2) is 4.39 Å². The van der Waals surface area contributed by atoms with Crippen molar-refractivity contribution in [2.24, 2.45) is 0 Å². The summed E-state index contributed by atoms with van der Waals surface area (Å²) in [5.41, 5.74) is 0.298. The molecule has 0 bridgehead atoms. The summed E-state index contributed by atoms with van der Waals surface area (Å²) in [6, 6.07) is 4.06. The number of phenols is 1. The van der Waals surface area contributed by atoms with Crippen LogP contribution in [0.15, 0.2) is 18.2 Å². The molecule has 1 aromatic rings. The molecule has 0 spiro atoms.